The fourth-order valence-corrected chi connectivity index (χ4v) is 2.10. The summed E-state index contributed by atoms with van der Waals surface area (Å²) in [5.41, 5.74) is -1.62. The van der Waals surface area contributed by atoms with Crippen LogP contribution in [0.15, 0.2) is 6.07 Å². The van der Waals surface area contributed by atoms with E-state index in [0.29, 0.717) is 0 Å². The number of nitrogens with zero attached hydrogens (tertiary/aromatic N) is 2. The summed E-state index contributed by atoms with van der Waals surface area (Å²) < 4.78 is 9.72. The molecule has 0 saturated heterocycles. The van der Waals surface area contributed by atoms with Crippen molar-refractivity contribution in [1.29, 1.82) is 0 Å². The molecule has 0 aliphatic rings. The second-order valence-corrected chi connectivity index (χ2v) is 4.64. The lowest BCUT2D eigenvalue weighted by molar-refractivity contribution is -0.396. The van der Waals surface area contributed by atoms with Crippen LogP contribution in [-0.2, 0) is 20.7 Å². The van der Waals surface area contributed by atoms with Gasteiger partial charge in [0, 0.05) is 11.6 Å². The molecule has 0 aliphatic heterocycles. The summed E-state index contributed by atoms with van der Waals surface area (Å²) in [6, 6.07) is 1.08. The Hall–Kier alpha value is -3.04. The maximum atomic E-state index is 11.8. The molecule has 0 radical (unpaired) electrons. The van der Waals surface area contributed by atoms with Crippen LogP contribution in [0.1, 0.15) is 25.0 Å². The van der Waals surface area contributed by atoms with Gasteiger partial charge in [0.1, 0.15) is 5.56 Å². The van der Waals surface area contributed by atoms with Gasteiger partial charge in [0.2, 0.25) is 11.5 Å². The molecular weight excluding hydrogens is 324 g/mol. The highest BCUT2D eigenvalue weighted by Crippen LogP contribution is 2.40. The molecule has 130 valence electrons. The van der Waals surface area contributed by atoms with E-state index < -0.39 is 45.0 Å². The van der Waals surface area contributed by atoms with Crippen LogP contribution in [0.5, 0.6) is 5.75 Å². The molecule has 1 rings (SSSR count). The molecule has 0 heterocycles. The standard InChI is InChI=1S/C14H16N2O8/c1-4-23-13-8(3)6-10(15(19)20)9(12(13)16(21)22)7-11(17)14(18)24-5-2/h6H,4-5,7H2,1-3H3. The number of carbonyl (C=O) groups excluding carboxylic acids is 2. The number of benzene rings is 1. The average Bonchev–Trinajstić information content (AvgIpc) is 2.49. The Labute approximate surface area is 136 Å². The molecule has 1 aromatic carbocycles. The van der Waals surface area contributed by atoms with Crippen LogP contribution in [0.3, 0.4) is 0 Å². The number of aryl methyl sites for hydroxylation is 1. The van der Waals surface area contributed by atoms with E-state index in [4.69, 9.17) is 4.74 Å². The lowest BCUT2D eigenvalue weighted by atomic mass is 10.0. The van der Waals surface area contributed by atoms with E-state index >= 15 is 0 Å². The molecule has 0 aliphatic carbocycles. The van der Waals surface area contributed by atoms with E-state index in [0.717, 1.165) is 6.07 Å². The molecule has 0 saturated carbocycles. The number of Topliss-reactive ketones (excluding diaryl/α,β-unsaturated/α-hetero) is 1. The highest BCUT2D eigenvalue weighted by molar-refractivity contribution is 6.34. The summed E-state index contributed by atoms with van der Waals surface area (Å²) >= 11 is 0. The molecule has 0 fully saturated rings. The van der Waals surface area contributed by atoms with Crippen molar-refractivity contribution >= 4 is 23.1 Å². The maximum absolute atomic E-state index is 11.8. The Balaban J connectivity index is 3.56. The lowest BCUT2D eigenvalue weighted by Crippen LogP contribution is -2.21. The van der Waals surface area contributed by atoms with Crippen LogP contribution in [0.4, 0.5) is 11.4 Å². The molecule has 0 amide bonds. The van der Waals surface area contributed by atoms with Gasteiger partial charge in [-0.15, -0.1) is 0 Å². The van der Waals surface area contributed by atoms with Crippen molar-refractivity contribution in [3.63, 3.8) is 0 Å². The zero-order valence-corrected chi connectivity index (χ0v) is 13.4. The number of hydrogen-bond donors (Lipinski definition) is 0. The van der Waals surface area contributed by atoms with Crippen LogP contribution >= 0.6 is 0 Å². The third-order valence-electron chi connectivity index (χ3n) is 3.03. The summed E-state index contributed by atoms with van der Waals surface area (Å²) in [6.07, 6.45) is -0.828. The van der Waals surface area contributed by atoms with Gasteiger partial charge in [0.05, 0.1) is 29.5 Å². The molecule has 0 aromatic heterocycles. The summed E-state index contributed by atoms with van der Waals surface area (Å²) in [7, 11) is 0. The second kappa shape index (κ2) is 7.99. The van der Waals surface area contributed by atoms with Crippen molar-refractivity contribution in [2.75, 3.05) is 13.2 Å². The van der Waals surface area contributed by atoms with Gasteiger partial charge >= 0.3 is 11.7 Å². The van der Waals surface area contributed by atoms with E-state index in [1.54, 1.807) is 6.92 Å². The van der Waals surface area contributed by atoms with Crippen LogP contribution in [0.2, 0.25) is 0 Å². The summed E-state index contributed by atoms with van der Waals surface area (Å²) in [4.78, 5) is 44.2. The van der Waals surface area contributed by atoms with Gasteiger partial charge in [-0.1, -0.05) is 0 Å². The number of hydrogen-bond acceptors (Lipinski definition) is 8. The number of ketones is 1. The zero-order chi connectivity index (χ0) is 18.4. The zero-order valence-electron chi connectivity index (χ0n) is 13.4. The fraction of sp³-hybridized carbons (Fsp3) is 0.429. The van der Waals surface area contributed by atoms with E-state index in [9.17, 15) is 29.8 Å². The normalized spacial score (nSPS) is 10.1. The van der Waals surface area contributed by atoms with Crippen molar-refractivity contribution in [2.24, 2.45) is 0 Å². The van der Waals surface area contributed by atoms with Gasteiger partial charge in [0.15, 0.2) is 0 Å². The Morgan fingerprint density at radius 2 is 1.75 bits per heavy atom. The SMILES string of the molecule is CCOC(=O)C(=O)Cc1c([N+](=O)[O-])cc(C)c(OCC)c1[N+](=O)[O-]. The van der Waals surface area contributed by atoms with Crippen LogP contribution in [0, 0.1) is 27.2 Å². The van der Waals surface area contributed by atoms with Gasteiger partial charge in [-0.3, -0.25) is 25.0 Å². The molecule has 1 aromatic rings. The molecule has 10 heteroatoms. The smallest absolute Gasteiger partial charge is 0.374 e. The number of rotatable bonds is 8. The largest absolute Gasteiger partial charge is 0.487 e. The van der Waals surface area contributed by atoms with E-state index in [-0.39, 0.29) is 24.5 Å². The number of ether oxygens (including phenoxy) is 2. The van der Waals surface area contributed by atoms with Crippen molar-refractivity contribution < 1.29 is 28.9 Å². The van der Waals surface area contributed by atoms with Crippen LogP contribution in [-0.4, -0.2) is 34.8 Å². The van der Waals surface area contributed by atoms with Crippen molar-refractivity contribution in [1.82, 2.24) is 0 Å². The third kappa shape index (κ3) is 4.03. The molecule has 10 nitrogen and oxygen atoms in total. The fourth-order valence-electron chi connectivity index (χ4n) is 2.10. The van der Waals surface area contributed by atoms with E-state index in [1.165, 1.54) is 13.8 Å². The first-order valence-corrected chi connectivity index (χ1v) is 7.02. The molecule has 24 heavy (non-hydrogen) atoms. The minimum atomic E-state index is -1.21. The Bertz CT molecular complexity index is 699. The molecule has 0 atom stereocenters. The van der Waals surface area contributed by atoms with Crippen molar-refractivity contribution in [3.8, 4) is 5.75 Å². The predicted octanol–water partition coefficient (Wildman–Crippen LogP) is 1.88. The highest BCUT2D eigenvalue weighted by Gasteiger charge is 2.34. The van der Waals surface area contributed by atoms with Gasteiger partial charge in [-0.25, -0.2) is 4.79 Å². The van der Waals surface area contributed by atoms with Gasteiger partial charge in [-0.05, 0) is 20.8 Å². The second-order valence-electron chi connectivity index (χ2n) is 4.64. The number of carbonyl (C=O) groups is 2. The highest BCUT2D eigenvalue weighted by atomic mass is 16.6. The first-order chi connectivity index (χ1) is 11.2. The summed E-state index contributed by atoms with van der Waals surface area (Å²) in [5.74, 6) is -2.49. The monoisotopic (exact) mass is 340 g/mol. The number of nitro groups is 2. The van der Waals surface area contributed by atoms with Gasteiger partial charge < -0.3 is 9.47 Å². The molecule has 0 unspecified atom stereocenters. The summed E-state index contributed by atoms with van der Waals surface area (Å²) in [5, 5.41) is 22.6. The van der Waals surface area contributed by atoms with E-state index in [1.807, 2.05) is 0 Å². The number of nitro benzene ring substituents is 2. The quantitative estimate of drug-likeness (QED) is 0.302. The van der Waals surface area contributed by atoms with E-state index in [2.05, 4.69) is 4.74 Å². The summed E-state index contributed by atoms with van der Waals surface area (Å²) in [6.45, 7) is 4.52. The minimum Gasteiger partial charge on any atom is -0.487 e. The molecule has 0 spiro atoms. The molecule has 0 N–H and O–H groups in total. The maximum Gasteiger partial charge on any atom is 0.374 e. The van der Waals surface area contributed by atoms with Crippen molar-refractivity contribution in [3.05, 3.63) is 37.4 Å². The first kappa shape index (κ1) is 19.0. The molecular formula is C14H16N2O8. The minimum absolute atomic E-state index is 0.0626. The lowest BCUT2D eigenvalue weighted by Gasteiger charge is -2.11. The van der Waals surface area contributed by atoms with Gasteiger partial charge in [0.25, 0.3) is 5.69 Å². The van der Waals surface area contributed by atoms with Crippen molar-refractivity contribution in [2.45, 2.75) is 27.2 Å². The topological polar surface area (TPSA) is 139 Å². The van der Waals surface area contributed by atoms with Crippen LogP contribution in [0.25, 0.3) is 0 Å². The Morgan fingerprint density at radius 3 is 2.21 bits per heavy atom. The van der Waals surface area contributed by atoms with Crippen LogP contribution < -0.4 is 4.74 Å². The average molecular weight is 340 g/mol. The van der Waals surface area contributed by atoms with Gasteiger partial charge in [-0.2, -0.15) is 0 Å². The predicted molar refractivity (Wildman–Crippen MR) is 81.0 cm³/mol. The number of esters is 1. The Kier molecular flexibility index (Phi) is 6.33. The Morgan fingerprint density at radius 1 is 1.12 bits per heavy atom. The third-order valence-corrected chi connectivity index (χ3v) is 3.03. The first-order valence-electron chi connectivity index (χ1n) is 7.02. The molecule has 0 bridgehead atoms.